The predicted octanol–water partition coefficient (Wildman–Crippen LogP) is 0.145. The lowest BCUT2D eigenvalue weighted by Gasteiger charge is -2.17. The fourth-order valence-electron chi connectivity index (χ4n) is 1.26. The summed E-state index contributed by atoms with van der Waals surface area (Å²) < 4.78 is 12.7. The molecule has 1 aromatic rings. The predicted molar refractivity (Wildman–Crippen MR) is 53.0 cm³/mol. The van der Waals surface area contributed by atoms with Gasteiger partial charge >= 0.3 is 0 Å². The number of aliphatic hydroxyl groups excluding tert-OH is 2. The van der Waals surface area contributed by atoms with Crippen LogP contribution in [-0.2, 0) is 0 Å². The average molecular weight is 215 g/mol. The number of nitrogens with one attached hydrogen (secondary N) is 1. The molecule has 2 unspecified atom stereocenters. The van der Waals surface area contributed by atoms with E-state index in [4.69, 9.17) is 5.11 Å². The Morgan fingerprint density at radius 1 is 1.40 bits per heavy atom. The zero-order valence-electron chi connectivity index (χ0n) is 8.31. The number of hydrogen-bond donors (Lipinski definition) is 4. The van der Waals surface area contributed by atoms with Gasteiger partial charge in [0, 0.05) is 6.54 Å². The van der Waals surface area contributed by atoms with E-state index < -0.39 is 23.8 Å². The largest absolute Gasteiger partial charge is 0.505 e. The lowest BCUT2D eigenvalue weighted by Crippen LogP contribution is -2.29. The molecule has 0 aliphatic heterocycles. The number of likely N-dealkylation sites (N-methyl/N-ethyl adjacent to an activating group) is 1. The first-order chi connectivity index (χ1) is 7.06. The number of phenolic OH excluding ortho intramolecular Hbond substituents is 1. The Morgan fingerprint density at radius 2 is 2.07 bits per heavy atom. The van der Waals surface area contributed by atoms with Crippen LogP contribution >= 0.6 is 0 Å². The summed E-state index contributed by atoms with van der Waals surface area (Å²) in [4.78, 5) is 0. The zero-order chi connectivity index (χ0) is 11.4. The summed E-state index contributed by atoms with van der Waals surface area (Å²) in [6.07, 6.45) is -2.15. The molecule has 0 saturated carbocycles. The fourth-order valence-corrected chi connectivity index (χ4v) is 1.26. The van der Waals surface area contributed by atoms with Crippen molar-refractivity contribution in [1.82, 2.24) is 5.32 Å². The smallest absolute Gasteiger partial charge is 0.164 e. The molecule has 0 spiro atoms. The summed E-state index contributed by atoms with van der Waals surface area (Å²) in [6.45, 7) is 0.208. The van der Waals surface area contributed by atoms with Crippen LogP contribution < -0.4 is 5.32 Å². The topological polar surface area (TPSA) is 72.7 Å². The minimum absolute atomic E-state index is 0.208. The Bertz CT molecular complexity index is 332. The van der Waals surface area contributed by atoms with Gasteiger partial charge in [0.1, 0.15) is 6.10 Å². The Kier molecular flexibility index (Phi) is 4.02. The second kappa shape index (κ2) is 5.06. The molecule has 0 aromatic heterocycles. The third kappa shape index (κ3) is 2.89. The van der Waals surface area contributed by atoms with Gasteiger partial charge in [-0.05, 0) is 24.7 Å². The molecule has 0 saturated heterocycles. The SMILES string of the molecule is CNCC(O)C(O)c1ccc(F)c(O)c1. The molecule has 4 nitrogen and oxygen atoms in total. The van der Waals surface area contributed by atoms with Crippen LogP contribution in [0.25, 0.3) is 0 Å². The van der Waals surface area contributed by atoms with E-state index in [1.165, 1.54) is 6.07 Å². The van der Waals surface area contributed by atoms with E-state index in [1.54, 1.807) is 7.05 Å². The molecule has 15 heavy (non-hydrogen) atoms. The van der Waals surface area contributed by atoms with Gasteiger partial charge in [-0.25, -0.2) is 4.39 Å². The first-order valence-electron chi connectivity index (χ1n) is 4.55. The molecule has 1 aromatic carbocycles. The maximum atomic E-state index is 12.7. The van der Waals surface area contributed by atoms with Crippen molar-refractivity contribution in [3.8, 4) is 5.75 Å². The number of halogens is 1. The Balaban J connectivity index is 2.81. The highest BCUT2D eigenvalue weighted by atomic mass is 19.1. The molecule has 5 heteroatoms. The molecular formula is C10H14FNO3. The summed E-state index contributed by atoms with van der Waals surface area (Å²) in [5.41, 5.74) is 0.275. The molecule has 0 radical (unpaired) electrons. The summed E-state index contributed by atoms with van der Waals surface area (Å²) in [7, 11) is 1.64. The van der Waals surface area contributed by atoms with Gasteiger partial charge in [-0.15, -0.1) is 0 Å². The maximum Gasteiger partial charge on any atom is 0.164 e. The Hall–Kier alpha value is -1.17. The third-order valence-electron chi connectivity index (χ3n) is 2.09. The number of aliphatic hydroxyl groups is 2. The lowest BCUT2D eigenvalue weighted by molar-refractivity contribution is 0.0201. The minimum Gasteiger partial charge on any atom is -0.505 e. The van der Waals surface area contributed by atoms with Crippen LogP contribution in [0.5, 0.6) is 5.75 Å². The molecule has 2 atom stereocenters. The van der Waals surface area contributed by atoms with Gasteiger partial charge < -0.3 is 20.6 Å². The second-order valence-electron chi connectivity index (χ2n) is 3.28. The van der Waals surface area contributed by atoms with Crippen LogP contribution in [0.4, 0.5) is 4.39 Å². The van der Waals surface area contributed by atoms with Gasteiger partial charge in [0.25, 0.3) is 0 Å². The Morgan fingerprint density at radius 3 is 2.60 bits per heavy atom. The Labute approximate surface area is 87.0 Å². The van der Waals surface area contributed by atoms with E-state index in [0.29, 0.717) is 0 Å². The summed E-state index contributed by atoms with van der Waals surface area (Å²) in [5.74, 6) is -1.29. The molecular weight excluding hydrogens is 201 g/mol. The first kappa shape index (κ1) is 11.9. The average Bonchev–Trinajstić information content (AvgIpc) is 2.21. The highest BCUT2D eigenvalue weighted by Crippen LogP contribution is 2.23. The van der Waals surface area contributed by atoms with Crippen molar-refractivity contribution >= 4 is 0 Å². The van der Waals surface area contributed by atoms with E-state index in [2.05, 4.69) is 5.32 Å². The second-order valence-corrected chi connectivity index (χ2v) is 3.28. The molecule has 0 fully saturated rings. The summed E-state index contributed by atoms with van der Waals surface area (Å²) in [5, 5.41) is 30.8. The minimum atomic E-state index is -1.15. The van der Waals surface area contributed by atoms with Gasteiger partial charge in [0.2, 0.25) is 0 Å². The van der Waals surface area contributed by atoms with Crippen molar-refractivity contribution in [2.24, 2.45) is 0 Å². The first-order valence-corrected chi connectivity index (χ1v) is 4.55. The highest BCUT2D eigenvalue weighted by Gasteiger charge is 2.18. The van der Waals surface area contributed by atoms with Crippen LogP contribution in [0.3, 0.4) is 0 Å². The van der Waals surface area contributed by atoms with Crippen molar-refractivity contribution in [2.75, 3.05) is 13.6 Å². The van der Waals surface area contributed by atoms with E-state index in [0.717, 1.165) is 12.1 Å². The van der Waals surface area contributed by atoms with Gasteiger partial charge in [-0.1, -0.05) is 6.07 Å². The van der Waals surface area contributed by atoms with Gasteiger partial charge in [-0.3, -0.25) is 0 Å². The quantitative estimate of drug-likeness (QED) is 0.576. The van der Waals surface area contributed by atoms with Gasteiger partial charge in [0.05, 0.1) is 6.10 Å². The molecule has 0 bridgehead atoms. The summed E-state index contributed by atoms with van der Waals surface area (Å²) in [6, 6.07) is 3.46. The number of aromatic hydroxyl groups is 1. The van der Waals surface area contributed by atoms with Crippen molar-refractivity contribution < 1.29 is 19.7 Å². The van der Waals surface area contributed by atoms with Crippen molar-refractivity contribution in [1.29, 1.82) is 0 Å². The molecule has 84 valence electrons. The van der Waals surface area contributed by atoms with Crippen LogP contribution in [0.1, 0.15) is 11.7 Å². The fraction of sp³-hybridized carbons (Fsp3) is 0.400. The van der Waals surface area contributed by atoms with E-state index >= 15 is 0 Å². The zero-order valence-corrected chi connectivity index (χ0v) is 8.31. The monoisotopic (exact) mass is 215 g/mol. The van der Waals surface area contributed by atoms with Crippen LogP contribution in [0.2, 0.25) is 0 Å². The lowest BCUT2D eigenvalue weighted by atomic mass is 10.0. The molecule has 4 N–H and O–H groups in total. The molecule has 1 rings (SSSR count). The summed E-state index contributed by atoms with van der Waals surface area (Å²) >= 11 is 0. The molecule has 0 heterocycles. The number of rotatable bonds is 4. The van der Waals surface area contributed by atoms with E-state index in [9.17, 15) is 14.6 Å². The van der Waals surface area contributed by atoms with Gasteiger partial charge in [-0.2, -0.15) is 0 Å². The van der Waals surface area contributed by atoms with Gasteiger partial charge in [0.15, 0.2) is 11.6 Å². The van der Waals surface area contributed by atoms with Crippen molar-refractivity contribution in [3.05, 3.63) is 29.6 Å². The number of phenols is 1. The normalized spacial score (nSPS) is 14.9. The highest BCUT2D eigenvalue weighted by molar-refractivity contribution is 5.30. The number of hydrogen-bond acceptors (Lipinski definition) is 4. The maximum absolute atomic E-state index is 12.7. The van der Waals surface area contributed by atoms with Crippen LogP contribution in [0, 0.1) is 5.82 Å². The molecule has 0 amide bonds. The van der Waals surface area contributed by atoms with Crippen LogP contribution in [0.15, 0.2) is 18.2 Å². The standard InChI is InChI=1S/C10H14FNO3/c1-12-5-9(14)10(15)6-2-3-7(11)8(13)4-6/h2-4,9-10,12-15H,5H2,1H3. The number of benzene rings is 1. The van der Waals surface area contributed by atoms with Crippen LogP contribution in [-0.4, -0.2) is 35.0 Å². The third-order valence-corrected chi connectivity index (χ3v) is 2.09. The molecule has 0 aliphatic carbocycles. The van der Waals surface area contributed by atoms with Crippen molar-refractivity contribution in [3.63, 3.8) is 0 Å². The van der Waals surface area contributed by atoms with E-state index in [1.807, 2.05) is 0 Å². The van der Waals surface area contributed by atoms with Crippen molar-refractivity contribution in [2.45, 2.75) is 12.2 Å². The van der Waals surface area contributed by atoms with E-state index in [-0.39, 0.29) is 12.1 Å². The molecule has 0 aliphatic rings.